The van der Waals surface area contributed by atoms with Crippen LogP contribution in [0.3, 0.4) is 0 Å². The molecule has 0 radical (unpaired) electrons. The normalized spacial score (nSPS) is 10.9. The number of rotatable bonds is 9. The van der Waals surface area contributed by atoms with Crippen LogP contribution in [-0.4, -0.2) is 37.1 Å². The van der Waals surface area contributed by atoms with Gasteiger partial charge >= 0.3 is 0 Å². The number of halogens is 1. The second-order valence-corrected chi connectivity index (χ2v) is 7.01. The number of aromatic nitrogens is 1. The number of hydrogen-bond donors (Lipinski definition) is 3. The zero-order chi connectivity index (χ0) is 22.1. The predicted octanol–water partition coefficient (Wildman–Crippen LogP) is 3.04. The Hall–Kier alpha value is -3.08. The fourth-order valence-corrected chi connectivity index (χ4v) is 2.84. The maximum Gasteiger partial charge on any atom is 0.255 e. The predicted molar refractivity (Wildman–Crippen MR) is 135 cm³/mol. The molecule has 0 saturated heterocycles. The van der Waals surface area contributed by atoms with E-state index in [2.05, 4.69) is 20.6 Å². The van der Waals surface area contributed by atoms with Crippen LogP contribution in [0.4, 0.5) is 0 Å². The largest absolute Gasteiger partial charge is 0.484 e. The van der Waals surface area contributed by atoms with Crippen molar-refractivity contribution in [3.05, 3.63) is 71.6 Å². The summed E-state index contributed by atoms with van der Waals surface area (Å²) >= 11 is 0. The van der Waals surface area contributed by atoms with Crippen LogP contribution in [0.2, 0.25) is 0 Å². The van der Waals surface area contributed by atoms with Crippen molar-refractivity contribution in [2.24, 2.45) is 10.7 Å². The quantitative estimate of drug-likeness (QED) is 0.215. The number of amides is 1. The molecule has 0 aliphatic heterocycles. The van der Waals surface area contributed by atoms with Crippen LogP contribution in [0.1, 0.15) is 16.8 Å². The minimum absolute atomic E-state index is 0. The highest BCUT2D eigenvalue weighted by Gasteiger charge is 2.07. The summed E-state index contributed by atoms with van der Waals surface area (Å²) in [5.41, 5.74) is 9.15. The average molecular weight is 549 g/mol. The van der Waals surface area contributed by atoms with Crippen molar-refractivity contribution in [1.82, 2.24) is 15.6 Å². The molecule has 0 atom stereocenters. The van der Waals surface area contributed by atoms with Crippen molar-refractivity contribution in [3.8, 4) is 17.2 Å². The van der Waals surface area contributed by atoms with Crippen LogP contribution in [0, 0.1) is 6.92 Å². The van der Waals surface area contributed by atoms with Crippen molar-refractivity contribution in [2.75, 3.05) is 20.2 Å². The third kappa shape index (κ3) is 7.88. The number of nitrogens with one attached hydrogen (secondary N) is 2. The topological polar surface area (TPSA) is 115 Å². The van der Waals surface area contributed by atoms with Crippen LogP contribution < -0.4 is 21.1 Å². The van der Waals surface area contributed by atoms with Crippen LogP contribution in [0.15, 0.2) is 64.2 Å². The number of nitrogens with zero attached hydrogens (tertiary/aromatic N) is 2. The number of carbonyl (C=O) groups is 1. The zero-order valence-corrected chi connectivity index (χ0v) is 20.5. The molecule has 170 valence electrons. The Labute approximate surface area is 204 Å². The molecule has 0 saturated carbocycles. The first kappa shape index (κ1) is 25.2. The lowest BCUT2D eigenvalue weighted by molar-refractivity contribution is -0.119. The lowest BCUT2D eigenvalue weighted by Gasteiger charge is -2.11. The first-order valence-corrected chi connectivity index (χ1v) is 9.99. The molecule has 1 aromatic heterocycles. The maximum absolute atomic E-state index is 10.8. The molecule has 9 heteroatoms. The molecule has 0 spiro atoms. The van der Waals surface area contributed by atoms with Gasteiger partial charge in [-0.3, -0.25) is 9.79 Å². The van der Waals surface area contributed by atoms with Crippen molar-refractivity contribution in [2.45, 2.75) is 19.9 Å². The number of primary amides is 1. The van der Waals surface area contributed by atoms with Crippen molar-refractivity contribution in [1.29, 1.82) is 0 Å². The van der Waals surface area contributed by atoms with Crippen molar-refractivity contribution >= 4 is 35.8 Å². The van der Waals surface area contributed by atoms with Gasteiger partial charge in [-0.25, -0.2) is 4.98 Å². The van der Waals surface area contributed by atoms with E-state index in [0.29, 0.717) is 30.7 Å². The summed E-state index contributed by atoms with van der Waals surface area (Å²) in [5, 5.41) is 6.51. The number of guanidine groups is 1. The minimum atomic E-state index is -0.496. The van der Waals surface area contributed by atoms with Gasteiger partial charge in [0.15, 0.2) is 12.6 Å². The van der Waals surface area contributed by atoms with Gasteiger partial charge in [-0.1, -0.05) is 29.8 Å². The van der Waals surface area contributed by atoms with E-state index in [-0.39, 0.29) is 30.6 Å². The molecule has 2 aromatic carbocycles. The van der Waals surface area contributed by atoms with Gasteiger partial charge in [0.05, 0.1) is 12.2 Å². The van der Waals surface area contributed by atoms with E-state index in [0.717, 1.165) is 23.2 Å². The van der Waals surface area contributed by atoms with Crippen LogP contribution in [0.5, 0.6) is 5.75 Å². The van der Waals surface area contributed by atoms with Gasteiger partial charge in [0.2, 0.25) is 5.89 Å². The van der Waals surface area contributed by atoms with E-state index in [9.17, 15) is 4.79 Å². The molecule has 3 rings (SSSR count). The van der Waals surface area contributed by atoms with Crippen LogP contribution >= 0.6 is 24.0 Å². The molecule has 3 aromatic rings. The van der Waals surface area contributed by atoms with Crippen molar-refractivity contribution < 1.29 is 13.9 Å². The molecular formula is C23H28IN5O3. The molecule has 32 heavy (non-hydrogen) atoms. The van der Waals surface area contributed by atoms with E-state index >= 15 is 0 Å². The number of aliphatic imine (C=N–C) groups is 1. The summed E-state index contributed by atoms with van der Waals surface area (Å²) in [6, 6.07) is 15.6. The van der Waals surface area contributed by atoms with Gasteiger partial charge in [0.25, 0.3) is 5.91 Å². The van der Waals surface area contributed by atoms with Gasteiger partial charge < -0.3 is 25.5 Å². The SMILES string of the molecule is CN=C(NCCc1ccc(OCC(N)=O)cc1)NCc1coc(-c2ccc(C)cc2)n1.I. The maximum atomic E-state index is 10.8. The molecule has 8 nitrogen and oxygen atoms in total. The summed E-state index contributed by atoms with van der Waals surface area (Å²) in [7, 11) is 1.72. The van der Waals surface area contributed by atoms with E-state index < -0.39 is 5.91 Å². The molecule has 0 unspecified atom stereocenters. The molecule has 0 fully saturated rings. The van der Waals surface area contributed by atoms with Gasteiger partial charge in [0.1, 0.15) is 12.0 Å². The van der Waals surface area contributed by atoms with E-state index in [4.69, 9.17) is 14.9 Å². The highest BCUT2D eigenvalue weighted by atomic mass is 127. The van der Waals surface area contributed by atoms with Crippen LogP contribution in [-0.2, 0) is 17.8 Å². The minimum Gasteiger partial charge on any atom is -0.484 e. The second-order valence-electron chi connectivity index (χ2n) is 7.01. The molecule has 4 N–H and O–H groups in total. The van der Waals surface area contributed by atoms with E-state index in [1.807, 2.05) is 55.5 Å². The Morgan fingerprint density at radius 3 is 2.50 bits per heavy atom. The number of benzene rings is 2. The number of hydrogen-bond acceptors (Lipinski definition) is 5. The van der Waals surface area contributed by atoms with Gasteiger partial charge in [-0.15, -0.1) is 24.0 Å². The lowest BCUT2D eigenvalue weighted by atomic mass is 10.1. The number of aryl methyl sites for hydroxylation is 1. The molecule has 1 amide bonds. The fraction of sp³-hybridized carbons (Fsp3) is 0.261. The summed E-state index contributed by atoms with van der Waals surface area (Å²) in [4.78, 5) is 19.5. The van der Waals surface area contributed by atoms with Crippen molar-refractivity contribution in [3.63, 3.8) is 0 Å². The molecular weight excluding hydrogens is 521 g/mol. The Bertz CT molecular complexity index is 1020. The Balaban J connectivity index is 0.00000363. The Morgan fingerprint density at radius 2 is 1.84 bits per heavy atom. The fourth-order valence-electron chi connectivity index (χ4n) is 2.84. The highest BCUT2D eigenvalue weighted by Crippen LogP contribution is 2.19. The van der Waals surface area contributed by atoms with E-state index in [1.165, 1.54) is 5.56 Å². The monoisotopic (exact) mass is 549 g/mol. The molecule has 1 heterocycles. The molecule has 0 bridgehead atoms. The van der Waals surface area contributed by atoms with Gasteiger partial charge in [-0.2, -0.15) is 0 Å². The van der Waals surface area contributed by atoms with Gasteiger partial charge in [0, 0.05) is 19.2 Å². The Kier molecular flexibility index (Phi) is 9.99. The third-order valence-electron chi connectivity index (χ3n) is 4.52. The van der Waals surface area contributed by atoms with Crippen LogP contribution in [0.25, 0.3) is 11.5 Å². The van der Waals surface area contributed by atoms with E-state index in [1.54, 1.807) is 13.3 Å². The summed E-state index contributed by atoms with van der Waals surface area (Å²) in [5.74, 6) is 1.40. The molecule has 0 aliphatic carbocycles. The smallest absolute Gasteiger partial charge is 0.255 e. The summed E-state index contributed by atoms with van der Waals surface area (Å²) in [6.07, 6.45) is 2.45. The summed E-state index contributed by atoms with van der Waals surface area (Å²) < 4.78 is 10.8. The first-order valence-electron chi connectivity index (χ1n) is 9.99. The number of carbonyl (C=O) groups excluding carboxylic acids is 1. The standard InChI is InChI=1S/C23H27N5O3.HI/c1-16-3-7-18(8-4-16)22-28-19(14-31-22)13-27-23(25-2)26-12-11-17-5-9-20(10-6-17)30-15-21(24)29;/h3-10,14H,11-13,15H2,1-2H3,(H2,24,29)(H2,25,26,27);1H. The Morgan fingerprint density at radius 1 is 1.12 bits per heavy atom. The highest BCUT2D eigenvalue weighted by molar-refractivity contribution is 14.0. The number of nitrogens with two attached hydrogens (primary N) is 1. The second kappa shape index (κ2) is 12.7. The molecule has 0 aliphatic rings. The van der Waals surface area contributed by atoms with Gasteiger partial charge in [-0.05, 0) is 43.2 Å². The first-order chi connectivity index (χ1) is 15.0. The number of oxazole rings is 1. The summed E-state index contributed by atoms with van der Waals surface area (Å²) in [6.45, 7) is 3.12. The average Bonchev–Trinajstić information content (AvgIpc) is 3.25. The lowest BCUT2D eigenvalue weighted by Crippen LogP contribution is -2.37. The number of ether oxygens (including phenoxy) is 1. The third-order valence-corrected chi connectivity index (χ3v) is 4.52. The zero-order valence-electron chi connectivity index (χ0n) is 18.1.